The molecule has 35 heavy (non-hydrogen) atoms. The lowest BCUT2D eigenvalue weighted by Gasteiger charge is -2.20. The largest absolute Gasteiger partial charge is 0.367 e. The van der Waals surface area contributed by atoms with E-state index in [0.717, 1.165) is 32.5 Å². The minimum Gasteiger partial charge on any atom is -0.367 e. The van der Waals surface area contributed by atoms with Gasteiger partial charge < -0.3 is 10.2 Å². The van der Waals surface area contributed by atoms with Gasteiger partial charge in [0, 0.05) is 34.1 Å². The Morgan fingerprint density at radius 3 is 2.40 bits per heavy atom. The number of non-ortho nitro benzene ring substituents is 1. The van der Waals surface area contributed by atoms with Gasteiger partial charge in [-0.15, -0.1) is 0 Å². The van der Waals surface area contributed by atoms with Gasteiger partial charge in [0.15, 0.2) is 5.82 Å². The maximum absolute atomic E-state index is 11.3. The minimum absolute atomic E-state index is 0.0126. The van der Waals surface area contributed by atoms with E-state index >= 15 is 0 Å². The lowest BCUT2D eigenvalue weighted by atomic mass is 10.1. The smallest absolute Gasteiger partial charge is 0.270 e. The molecule has 7 nitrogen and oxygen atoms in total. The number of benzene rings is 2. The van der Waals surface area contributed by atoms with Crippen molar-refractivity contribution < 1.29 is 4.92 Å². The van der Waals surface area contributed by atoms with Crippen LogP contribution in [-0.4, -0.2) is 45.5 Å². The summed E-state index contributed by atoms with van der Waals surface area (Å²) in [5.41, 5.74) is 1.18. The molecule has 1 atom stereocenters. The predicted molar refractivity (Wildman–Crippen MR) is 147 cm³/mol. The number of anilines is 1. The number of hydrogen-bond acceptors (Lipinski definition) is 6. The summed E-state index contributed by atoms with van der Waals surface area (Å²) >= 11 is 18.6. The highest BCUT2D eigenvalue weighted by atomic mass is 35.5. The summed E-state index contributed by atoms with van der Waals surface area (Å²) in [5, 5.41) is 16.6. The zero-order valence-corrected chi connectivity index (χ0v) is 22.2. The van der Waals surface area contributed by atoms with Crippen molar-refractivity contribution in [1.29, 1.82) is 0 Å². The second-order valence-corrected chi connectivity index (χ2v) is 9.47. The van der Waals surface area contributed by atoms with Crippen molar-refractivity contribution in [2.45, 2.75) is 39.7 Å². The van der Waals surface area contributed by atoms with Gasteiger partial charge in [-0.2, -0.15) is 0 Å². The molecule has 3 aromatic rings. The molecule has 0 saturated carbocycles. The number of nitrogens with zero attached hydrogens (tertiary/aromatic N) is 4. The monoisotopic (exact) mass is 535 g/mol. The molecule has 0 saturated heterocycles. The molecule has 0 aliphatic rings. The summed E-state index contributed by atoms with van der Waals surface area (Å²) in [7, 11) is 0. The van der Waals surface area contributed by atoms with E-state index < -0.39 is 4.92 Å². The third-order valence-electron chi connectivity index (χ3n) is 5.74. The van der Waals surface area contributed by atoms with Crippen molar-refractivity contribution in [3.63, 3.8) is 0 Å². The number of hydrogen-bond donors (Lipinski definition) is 1. The van der Waals surface area contributed by atoms with Crippen LogP contribution in [0.1, 0.15) is 45.0 Å². The molecule has 0 amide bonds. The van der Waals surface area contributed by atoms with Crippen LogP contribution < -0.4 is 5.32 Å². The maximum Gasteiger partial charge on any atom is 0.270 e. The van der Waals surface area contributed by atoms with Crippen LogP contribution >= 0.6 is 34.8 Å². The van der Waals surface area contributed by atoms with Crippen molar-refractivity contribution in [2.24, 2.45) is 0 Å². The highest BCUT2D eigenvalue weighted by Crippen LogP contribution is 2.31. The average Bonchev–Trinajstić information content (AvgIpc) is 2.81. The molecule has 1 unspecified atom stereocenters. The molecular weight excluding hydrogens is 509 g/mol. The molecular formula is C25H28Cl3N5O2. The minimum atomic E-state index is -0.422. The molecule has 186 valence electrons. The molecule has 0 aliphatic carbocycles. The third kappa shape index (κ3) is 7.27. The summed E-state index contributed by atoms with van der Waals surface area (Å²) in [5.74, 6) is 0.966. The molecule has 2 aromatic carbocycles. The molecule has 1 aromatic heterocycles. The van der Waals surface area contributed by atoms with E-state index in [1.165, 1.54) is 12.1 Å². The first-order chi connectivity index (χ1) is 16.7. The number of halogens is 3. The topological polar surface area (TPSA) is 84.2 Å². The quantitative estimate of drug-likeness (QED) is 0.201. The number of nitro benzene ring substituents is 1. The van der Waals surface area contributed by atoms with E-state index in [0.29, 0.717) is 43.2 Å². The van der Waals surface area contributed by atoms with Gasteiger partial charge in [-0.25, -0.2) is 9.97 Å². The van der Waals surface area contributed by atoms with Gasteiger partial charge in [0.2, 0.25) is 0 Å². The third-order valence-corrected chi connectivity index (χ3v) is 6.58. The Kier molecular flexibility index (Phi) is 9.69. The fraction of sp³-hybridized carbons (Fsp3) is 0.360. The van der Waals surface area contributed by atoms with Crippen LogP contribution in [0.15, 0.2) is 30.3 Å². The lowest BCUT2D eigenvalue weighted by Crippen LogP contribution is -2.25. The van der Waals surface area contributed by atoms with Crippen molar-refractivity contribution >= 4 is 69.4 Å². The van der Waals surface area contributed by atoms with Gasteiger partial charge in [-0.3, -0.25) is 10.1 Å². The number of aromatic nitrogens is 2. The number of fused-ring (bicyclic) bond motifs is 1. The first-order valence-electron chi connectivity index (χ1n) is 11.5. The number of nitrogens with one attached hydrogen (secondary N) is 1. The van der Waals surface area contributed by atoms with Crippen LogP contribution in [0.25, 0.3) is 23.1 Å². The fourth-order valence-electron chi connectivity index (χ4n) is 3.77. The second-order valence-electron chi connectivity index (χ2n) is 8.22. The number of rotatable bonds is 11. The van der Waals surface area contributed by atoms with Crippen molar-refractivity contribution in [3.05, 3.63) is 66.9 Å². The summed E-state index contributed by atoms with van der Waals surface area (Å²) in [4.78, 5) is 22.5. The summed E-state index contributed by atoms with van der Waals surface area (Å²) in [6, 6.07) is 7.91. The van der Waals surface area contributed by atoms with Gasteiger partial charge >= 0.3 is 0 Å². The Morgan fingerprint density at radius 1 is 1.09 bits per heavy atom. The maximum atomic E-state index is 11.3. The van der Waals surface area contributed by atoms with Crippen LogP contribution in [0.2, 0.25) is 15.1 Å². The van der Waals surface area contributed by atoms with Gasteiger partial charge in [-0.1, -0.05) is 48.7 Å². The Bertz CT molecular complexity index is 1210. The van der Waals surface area contributed by atoms with E-state index in [9.17, 15) is 10.1 Å². The van der Waals surface area contributed by atoms with Gasteiger partial charge in [-0.05, 0) is 69.8 Å². The van der Waals surface area contributed by atoms with Crippen LogP contribution in [-0.2, 0) is 0 Å². The fourth-order valence-corrected chi connectivity index (χ4v) is 4.71. The zero-order chi connectivity index (χ0) is 25.5. The van der Waals surface area contributed by atoms with Crippen molar-refractivity contribution in [1.82, 2.24) is 14.9 Å². The summed E-state index contributed by atoms with van der Waals surface area (Å²) in [6.45, 7) is 9.46. The van der Waals surface area contributed by atoms with E-state index in [1.54, 1.807) is 30.4 Å². The van der Waals surface area contributed by atoms with Crippen molar-refractivity contribution in [3.8, 4) is 0 Å². The highest BCUT2D eigenvalue weighted by Gasteiger charge is 2.15. The first-order valence-corrected chi connectivity index (χ1v) is 12.6. The van der Waals surface area contributed by atoms with Crippen LogP contribution in [0.5, 0.6) is 0 Å². The first kappa shape index (κ1) is 27.1. The van der Waals surface area contributed by atoms with Crippen LogP contribution in [0.4, 0.5) is 11.5 Å². The van der Waals surface area contributed by atoms with E-state index in [4.69, 9.17) is 34.8 Å². The Labute approximate surface area is 220 Å². The Balaban J connectivity index is 1.92. The number of nitro groups is 1. The lowest BCUT2D eigenvalue weighted by molar-refractivity contribution is -0.384. The van der Waals surface area contributed by atoms with Gasteiger partial charge in [0.25, 0.3) is 5.69 Å². The second kappa shape index (κ2) is 12.5. The molecule has 0 spiro atoms. The SMILES string of the molecule is CCN(CC)CCCC(C)Nc1nc(/C=C/c2c(Cl)cc(Cl)cc2Cl)nc2ccc([N+](=O)[O-])cc12. The summed E-state index contributed by atoms with van der Waals surface area (Å²) in [6.07, 6.45) is 5.39. The normalized spacial score (nSPS) is 12.5. The Morgan fingerprint density at radius 2 is 1.77 bits per heavy atom. The highest BCUT2D eigenvalue weighted by molar-refractivity contribution is 6.40. The average molecular weight is 537 g/mol. The molecule has 0 bridgehead atoms. The molecule has 1 N–H and O–H groups in total. The van der Waals surface area contributed by atoms with E-state index in [1.807, 2.05) is 0 Å². The molecule has 0 fully saturated rings. The molecule has 0 radical (unpaired) electrons. The molecule has 1 heterocycles. The van der Waals surface area contributed by atoms with Gasteiger partial charge in [0.1, 0.15) is 5.82 Å². The Hall–Kier alpha value is -2.45. The van der Waals surface area contributed by atoms with E-state index in [-0.39, 0.29) is 11.7 Å². The van der Waals surface area contributed by atoms with Crippen LogP contribution in [0, 0.1) is 10.1 Å². The summed E-state index contributed by atoms with van der Waals surface area (Å²) < 4.78 is 0. The van der Waals surface area contributed by atoms with Crippen molar-refractivity contribution in [2.75, 3.05) is 25.0 Å². The molecule has 3 rings (SSSR count). The van der Waals surface area contributed by atoms with E-state index in [2.05, 4.69) is 41.0 Å². The molecule has 0 aliphatic heterocycles. The van der Waals surface area contributed by atoms with Gasteiger partial charge in [0.05, 0.1) is 20.5 Å². The standard InChI is InChI=1S/C25H28Cl3N5O2/c1-4-32(5-2)12-6-7-16(3)29-25-20-15-18(33(34)35)8-10-23(20)30-24(31-25)11-9-19-21(27)13-17(26)14-22(19)28/h8-11,13-16H,4-7,12H2,1-3H3,(H,29,30,31)/b11-9+. The predicted octanol–water partition coefficient (Wildman–Crippen LogP) is 7.59. The van der Waals surface area contributed by atoms with Crippen LogP contribution in [0.3, 0.4) is 0 Å². The molecule has 10 heteroatoms. The zero-order valence-electron chi connectivity index (χ0n) is 19.9.